The standard InChI is InChI=1S/C12H21NOS2/c14-12(13-8-3-4-9-13)6-2-1-5-11-7-10-15-16-11/h11H,1-10H2/t11-/m0/s1. The number of amides is 1. The lowest BCUT2D eigenvalue weighted by Gasteiger charge is -2.15. The Bertz CT molecular complexity index is 223. The fraction of sp³-hybridized carbons (Fsp3) is 0.917. The predicted octanol–water partition coefficient (Wildman–Crippen LogP) is 3.32. The Kier molecular flexibility index (Phi) is 5.36. The highest BCUT2D eigenvalue weighted by molar-refractivity contribution is 8.77. The lowest BCUT2D eigenvalue weighted by molar-refractivity contribution is -0.130. The van der Waals surface area contributed by atoms with Gasteiger partial charge in [0.05, 0.1) is 0 Å². The minimum atomic E-state index is 0.394. The maximum absolute atomic E-state index is 11.8. The number of hydrogen-bond donors (Lipinski definition) is 0. The van der Waals surface area contributed by atoms with Crippen molar-refractivity contribution < 1.29 is 4.79 Å². The summed E-state index contributed by atoms with van der Waals surface area (Å²) < 4.78 is 0. The van der Waals surface area contributed by atoms with Crippen LogP contribution in [-0.4, -0.2) is 34.9 Å². The Morgan fingerprint density at radius 2 is 2.06 bits per heavy atom. The molecule has 0 unspecified atom stereocenters. The fourth-order valence-electron chi connectivity index (χ4n) is 2.34. The van der Waals surface area contributed by atoms with Crippen LogP contribution in [-0.2, 0) is 4.79 Å². The molecule has 1 amide bonds. The van der Waals surface area contributed by atoms with E-state index in [-0.39, 0.29) is 0 Å². The molecule has 0 aromatic rings. The molecule has 2 aliphatic rings. The molecule has 2 rings (SSSR count). The average Bonchev–Trinajstić information content (AvgIpc) is 2.96. The van der Waals surface area contributed by atoms with Crippen LogP contribution in [0.5, 0.6) is 0 Å². The van der Waals surface area contributed by atoms with E-state index in [2.05, 4.69) is 0 Å². The minimum absolute atomic E-state index is 0.394. The Morgan fingerprint density at radius 1 is 1.25 bits per heavy atom. The molecule has 2 fully saturated rings. The van der Waals surface area contributed by atoms with Crippen LogP contribution in [0.15, 0.2) is 0 Å². The maximum atomic E-state index is 11.8. The van der Waals surface area contributed by atoms with E-state index in [1.807, 2.05) is 26.5 Å². The minimum Gasteiger partial charge on any atom is -0.343 e. The smallest absolute Gasteiger partial charge is 0.222 e. The van der Waals surface area contributed by atoms with Crippen LogP contribution >= 0.6 is 21.6 Å². The monoisotopic (exact) mass is 259 g/mol. The Morgan fingerprint density at radius 3 is 2.75 bits per heavy atom. The van der Waals surface area contributed by atoms with Gasteiger partial charge in [-0.3, -0.25) is 4.79 Å². The molecule has 0 radical (unpaired) electrons. The normalized spacial score (nSPS) is 25.2. The summed E-state index contributed by atoms with van der Waals surface area (Å²) in [5.74, 6) is 1.72. The van der Waals surface area contributed by atoms with Gasteiger partial charge in [0, 0.05) is 30.5 Å². The van der Waals surface area contributed by atoms with Crippen molar-refractivity contribution in [2.24, 2.45) is 0 Å². The molecule has 2 nitrogen and oxygen atoms in total. The van der Waals surface area contributed by atoms with E-state index in [9.17, 15) is 4.79 Å². The molecule has 0 aromatic heterocycles. The molecular weight excluding hydrogens is 238 g/mol. The molecule has 0 saturated carbocycles. The molecule has 2 aliphatic heterocycles. The third-order valence-corrected chi connectivity index (χ3v) is 6.36. The van der Waals surface area contributed by atoms with Crippen LogP contribution in [0, 0.1) is 0 Å². The number of carbonyl (C=O) groups is 1. The second kappa shape index (κ2) is 6.80. The zero-order chi connectivity index (χ0) is 11.2. The van der Waals surface area contributed by atoms with Crippen LogP contribution in [0.4, 0.5) is 0 Å². The van der Waals surface area contributed by atoms with Crippen molar-refractivity contribution >= 4 is 27.5 Å². The highest BCUT2D eigenvalue weighted by Gasteiger charge is 2.18. The van der Waals surface area contributed by atoms with Crippen molar-refractivity contribution in [3.05, 3.63) is 0 Å². The summed E-state index contributed by atoms with van der Waals surface area (Å²) in [6.07, 6.45) is 8.21. The molecule has 2 heterocycles. The summed E-state index contributed by atoms with van der Waals surface area (Å²) in [4.78, 5) is 13.8. The van der Waals surface area contributed by atoms with Crippen LogP contribution in [0.3, 0.4) is 0 Å². The van der Waals surface area contributed by atoms with E-state index in [4.69, 9.17) is 0 Å². The van der Waals surface area contributed by atoms with Gasteiger partial charge in [-0.1, -0.05) is 28.0 Å². The average molecular weight is 259 g/mol. The molecule has 16 heavy (non-hydrogen) atoms. The Hall–Kier alpha value is 0.170. The zero-order valence-electron chi connectivity index (χ0n) is 9.82. The highest BCUT2D eigenvalue weighted by Crippen LogP contribution is 2.39. The van der Waals surface area contributed by atoms with Gasteiger partial charge in [0.15, 0.2) is 0 Å². The summed E-state index contributed by atoms with van der Waals surface area (Å²) >= 11 is 0. The number of carbonyl (C=O) groups excluding carboxylic acids is 1. The molecule has 4 heteroatoms. The van der Waals surface area contributed by atoms with E-state index in [0.29, 0.717) is 5.91 Å². The van der Waals surface area contributed by atoms with E-state index in [1.165, 1.54) is 37.9 Å². The van der Waals surface area contributed by atoms with Crippen molar-refractivity contribution in [3.63, 3.8) is 0 Å². The Labute approximate surface area is 106 Å². The summed E-state index contributed by atoms with van der Waals surface area (Å²) in [6.45, 7) is 2.02. The molecule has 92 valence electrons. The molecule has 0 aromatic carbocycles. The number of likely N-dealkylation sites (tertiary alicyclic amines) is 1. The first-order valence-corrected chi connectivity index (χ1v) is 8.80. The van der Waals surface area contributed by atoms with Crippen molar-refractivity contribution in [2.45, 2.75) is 50.2 Å². The predicted molar refractivity (Wildman–Crippen MR) is 72.7 cm³/mol. The van der Waals surface area contributed by atoms with Crippen molar-refractivity contribution in [1.82, 2.24) is 4.90 Å². The van der Waals surface area contributed by atoms with Crippen LogP contribution in [0.2, 0.25) is 0 Å². The zero-order valence-corrected chi connectivity index (χ0v) is 11.5. The van der Waals surface area contributed by atoms with Gasteiger partial charge in [0.1, 0.15) is 0 Å². The van der Waals surface area contributed by atoms with E-state index >= 15 is 0 Å². The number of hydrogen-bond acceptors (Lipinski definition) is 3. The summed E-state index contributed by atoms with van der Waals surface area (Å²) in [5.41, 5.74) is 0. The van der Waals surface area contributed by atoms with Gasteiger partial charge < -0.3 is 4.90 Å². The lowest BCUT2D eigenvalue weighted by atomic mass is 10.1. The van der Waals surface area contributed by atoms with Gasteiger partial charge in [-0.15, -0.1) is 0 Å². The number of unbranched alkanes of at least 4 members (excludes halogenated alkanes) is 1. The summed E-state index contributed by atoms with van der Waals surface area (Å²) in [7, 11) is 4.06. The third-order valence-electron chi connectivity index (χ3n) is 3.35. The van der Waals surface area contributed by atoms with Gasteiger partial charge in [0.2, 0.25) is 5.91 Å². The topological polar surface area (TPSA) is 20.3 Å². The molecular formula is C12H21NOS2. The van der Waals surface area contributed by atoms with E-state index in [0.717, 1.165) is 31.2 Å². The summed E-state index contributed by atoms with van der Waals surface area (Å²) in [5, 5.41) is 0.867. The Balaban J connectivity index is 1.51. The second-order valence-corrected chi connectivity index (χ2v) is 7.45. The van der Waals surface area contributed by atoms with E-state index < -0.39 is 0 Å². The lowest BCUT2D eigenvalue weighted by Crippen LogP contribution is -2.27. The summed E-state index contributed by atoms with van der Waals surface area (Å²) in [6, 6.07) is 0. The molecule has 0 aliphatic carbocycles. The van der Waals surface area contributed by atoms with Gasteiger partial charge in [-0.05, 0) is 32.1 Å². The van der Waals surface area contributed by atoms with Gasteiger partial charge >= 0.3 is 0 Å². The molecule has 0 bridgehead atoms. The fourth-order valence-corrected chi connectivity index (χ4v) is 5.36. The van der Waals surface area contributed by atoms with Crippen LogP contribution in [0.1, 0.15) is 44.9 Å². The van der Waals surface area contributed by atoms with Crippen LogP contribution in [0.25, 0.3) is 0 Å². The van der Waals surface area contributed by atoms with E-state index in [1.54, 1.807) is 0 Å². The number of rotatable bonds is 5. The van der Waals surface area contributed by atoms with Crippen LogP contribution < -0.4 is 0 Å². The van der Waals surface area contributed by atoms with Gasteiger partial charge in [-0.2, -0.15) is 0 Å². The molecule has 0 spiro atoms. The largest absolute Gasteiger partial charge is 0.343 e. The van der Waals surface area contributed by atoms with Gasteiger partial charge in [-0.25, -0.2) is 0 Å². The first-order chi connectivity index (χ1) is 7.86. The van der Waals surface area contributed by atoms with Crippen molar-refractivity contribution in [1.29, 1.82) is 0 Å². The highest BCUT2D eigenvalue weighted by atomic mass is 33.1. The third kappa shape index (κ3) is 3.88. The molecule has 0 N–H and O–H groups in total. The quantitative estimate of drug-likeness (QED) is 0.558. The SMILES string of the molecule is O=C(CCCC[C@H]1CCSS1)N1CCCC1. The maximum Gasteiger partial charge on any atom is 0.222 e. The first kappa shape index (κ1) is 12.6. The number of nitrogens with zero attached hydrogens (tertiary/aromatic N) is 1. The molecule has 1 atom stereocenters. The van der Waals surface area contributed by atoms with Gasteiger partial charge in [0.25, 0.3) is 0 Å². The van der Waals surface area contributed by atoms with Crippen molar-refractivity contribution in [3.8, 4) is 0 Å². The molecule has 2 saturated heterocycles. The first-order valence-electron chi connectivity index (χ1n) is 6.42. The van der Waals surface area contributed by atoms with Crippen molar-refractivity contribution in [2.75, 3.05) is 18.8 Å². The second-order valence-electron chi connectivity index (χ2n) is 4.66.